The topological polar surface area (TPSA) is 20.3 Å². The minimum Gasteiger partial charge on any atom is -0.299 e. The monoisotopic (exact) mass is 281 g/mol. The first-order valence-corrected chi connectivity index (χ1v) is 8.30. The summed E-state index contributed by atoms with van der Waals surface area (Å²) in [5.74, 6) is 0.646. The molecule has 0 N–H and O–H groups in total. The molecule has 0 aromatic heterocycles. The molecule has 0 saturated carbocycles. The van der Waals surface area contributed by atoms with Gasteiger partial charge in [0.1, 0.15) is 5.78 Å². The molecule has 0 aromatic rings. The molecule has 1 unspecified atom stereocenters. The van der Waals surface area contributed by atoms with E-state index in [4.69, 9.17) is 0 Å². The molecule has 118 valence electrons. The van der Waals surface area contributed by atoms with E-state index in [-0.39, 0.29) is 22.4 Å². The predicted octanol–water partition coefficient (Wildman–Crippen LogP) is 4.67. The van der Waals surface area contributed by atoms with Gasteiger partial charge in [-0.2, -0.15) is 0 Å². The number of likely N-dealkylation sites (tertiary alicyclic amines) is 1. The maximum absolute atomic E-state index is 12.7. The molecule has 1 saturated heterocycles. The van der Waals surface area contributed by atoms with Crippen molar-refractivity contribution in [3.05, 3.63) is 0 Å². The van der Waals surface area contributed by atoms with Crippen molar-refractivity contribution in [2.75, 3.05) is 6.54 Å². The Balaban J connectivity index is 3.03. The van der Waals surface area contributed by atoms with Gasteiger partial charge >= 0.3 is 0 Å². The molecule has 0 radical (unpaired) electrons. The van der Waals surface area contributed by atoms with Gasteiger partial charge in [-0.1, -0.05) is 34.6 Å². The number of hydrogen-bond donors (Lipinski definition) is 0. The summed E-state index contributed by atoms with van der Waals surface area (Å²) in [7, 11) is 0. The number of piperidine rings is 1. The molecule has 1 fully saturated rings. The molecule has 1 atom stereocenters. The Hall–Kier alpha value is -0.370. The number of rotatable bonds is 3. The summed E-state index contributed by atoms with van der Waals surface area (Å²) >= 11 is 0. The molecule has 1 aliphatic heterocycles. The minimum atomic E-state index is -0.216. The lowest BCUT2D eigenvalue weighted by Gasteiger charge is -2.55. The Morgan fingerprint density at radius 1 is 1.10 bits per heavy atom. The van der Waals surface area contributed by atoms with Gasteiger partial charge in [0, 0.05) is 29.0 Å². The second kappa shape index (κ2) is 5.79. The second-order valence-electron chi connectivity index (χ2n) is 8.56. The first kappa shape index (κ1) is 17.7. The number of nitrogens with zero attached hydrogens (tertiary/aromatic N) is 1. The third-order valence-corrected chi connectivity index (χ3v) is 5.17. The summed E-state index contributed by atoms with van der Waals surface area (Å²) < 4.78 is 0. The van der Waals surface area contributed by atoms with Crippen LogP contribution < -0.4 is 0 Å². The zero-order valence-corrected chi connectivity index (χ0v) is 15.0. The van der Waals surface area contributed by atoms with Crippen LogP contribution in [0.5, 0.6) is 0 Å². The zero-order valence-electron chi connectivity index (χ0n) is 15.0. The number of carbonyl (C=O) groups excluding carboxylic acids is 1. The van der Waals surface area contributed by atoms with Crippen LogP contribution in [0.3, 0.4) is 0 Å². The van der Waals surface area contributed by atoms with Crippen LogP contribution in [0.4, 0.5) is 0 Å². The van der Waals surface area contributed by atoms with E-state index in [1.807, 2.05) is 0 Å². The highest BCUT2D eigenvalue weighted by Gasteiger charge is 2.46. The van der Waals surface area contributed by atoms with Crippen molar-refractivity contribution in [1.29, 1.82) is 0 Å². The van der Waals surface area contributed by atoms with Gasteiger partial charge in [-0.25, -0.2) is 0 Å². The fraction of sp³-hybridized carbons (Fsp3) is 0.944. The summed E-state index contributed by atoms with van der Waals surface area (Å²) in [5, 5.41) is 0. The van der Waals surface area contributed by atoms with Crippen LogP contribution in [-0.4, -0.2) is 28.3 Å². The predicted molar refractivity (Wildman–Crippen MR) is 87.0 cm³/mol. The first-order valence-electron chi connectivity index (χ1n) is 8.30. The number of ketones is 1. The molecule has 1 heterocycles. The summed E-state index contributed by atoms with van der Waals surface area (Å²) in [6.45, 7) is 18.6. The van der Waals surface area contributed by atoms with E-state index >= 15 is 0 Å². The lowest BCUT2D eigenvalue weighted by Crippen LogP contribution is -2.62. The molecular formula is C18H35NO. The van der Waals surface area contributed by atoms with Crippen molar-refractivity contribution in [2.24, 2.45) is 11.3 Å². The maximum Gasteiger partial charge on any atom is 0.142 e. The van der Waals surface area contributed by atoms with Crippen LogP contribution in [0, 0.1) is 11.3 Å². The molecule has 0 aliphatic carbocycles. The highest BCUT2D eigenvalue weighted by molar-refractivity contribution is 5.86. The Bertz CT molecular complexity index is 341. The van der Waals surface area contributed by atoms with Gasteiger partial charge in [0.15, 0.2) is 0 Å². The van der Waals surface area contributed by atoms with Crippen LogP contribution in [0.15, 0.2) is 0 Å². The number of carbonyl (C=O) groups is 1. The SMILES string of the molecule is CCC1(CC)CCC(C(=O)C(C)(C)C)CN1C(C)(C)C. The maximum atomic E-state index is 12.7. The van der Waals surface area contributed by atoms with Crippen LogP contribution in [-0.2, 0) is 4.79 Å². The van der Waals surface area contributed by atoms with E-state index in [0.29, 0.717) is 5.78 Å². The van der Waals surface area contributed by atoms with Crippen molar-refractivity contribution in [3.63, 3.8) is 0 Å². The van der Waals surface area contributed by atoms with E-state index in [1.165, 1.54) is 12.8 Å². The summed E-state index contributed by atoms with van der Waals surface area (Å²) in [6.07, 6.45) is 4.57. The highest BCUT2D eigenvalue weighted by atomic mass is 16.1. The largest absolute Gasteiger partial charge is 0.299 e. The van der Waals surface area contributed by atoms with E-state index in [9.17, 15) is 4.79 Å². The Morgan fingerprint density at radius 3 is 1.95 bits per heavy atom. The van der Waals surface area contributed by atoms with Crippen molar-refractivity contribution in [1.82, 2.24) is 4.90 Å². The van der Waals surface area contributed by atoms with Gasteiger partial charge in [-0.05, 0) is 46.5 Å². The van der Waals surface area contributed by atoms with Crippen LogP contribution in [0.25, 0.3) is 0 Å². The van der Waals surface area contributed by atoms with E-state index in [2.05, 4.69) is 60.3 Å². The van der Waals surface area contributed by atoms with Gasteiger partial charge in [0.25, 0.3) is 0 Å². The Labute approximate surface area is 126 Å². The molecule has 0 amide bonds. The average molecular weight is 281 g/mol. The number of hydrogen-bond acceptors (Lipinski definition) is 2. The molecule has 2 heteroatoms. The summed E-state index contributed by atoms with van der Waals surface area (Å²) in [5.41, 5.74) is 0.197. The van der Waals surface area contributed by atoms with Gasteiger partial charge in [-0.3, -0.25) is 9.69 Å². The first-order chi connectivity index (χ1) is 8.98. The van der Waals surface area contributed by atoms with Crippen molar-refractivity contribution in [3.8, 4) is 0 Å². The molecule has 2 nitrogen and oxygen atoms in total. The molecule has 1 aliphatic rings. The van der Waals surface area contributed by atoms with E-state index < -0.39 is 0 Å². The van der Waals surface area contributed by atoms with Crippen molar-refractivity contribution in [2.45, 2.75) is 92.2 Å². The quantitative estimate of drug-likeness (QED) is 0.749. The van der Waals surface area contributed by atoms with Crippen LogP contribution in [0.2, 0.25) is 0 Å². The molecule has 1 rings (SSSR count). The molecule has 20 heavy (non-hydrogen) atoms. The second-order valence-corrected chi connectivity index (χ2v) is 8.56. The Kier molecular flexibility index (Phi) is 5.12. The number of Topliss-reactive ketones (excluding diaryl/α,β-unsaturated/α-hetero) is 1. The normalized spacial score (nSPS) is 24.7. The van der Waals surface area contributed by atoms with Gasteiger partial charge in [0.05, 0.1) is 0 Å². The molecular weight excluding hydrogens is 246 g/mol. The fourth-order valence-corrected chi connectivity index (χ4v) is 3.88. The molecule has 0 bridgehead atoms. The lowest BCUT2D eigenvalue weighted by molar-refractivity contribution is -0.137. The highest BCUT2D eigenvalue weighted by Crippen LogP contribution is 2.42. The van der Waals surface area contributed by atoms with Crippen molar-refractivity contribution >= 4 is 5.78 Å². The van der Waals surface area contributed by atoms with Gasteiger partial charge in [-0.15, -0.1) is 0 Å². The zero-order chi connectivity index (χ0) is 15.8. The average Bonchev–Trinajstić information content (AvgIpc) is 2.35. The summed E-state index contributed by atoms with van der Waals surface area (Å²) in [6, 6.07) is 0. The smallest absolute Gasteiger partial charge is 0.142 e. The van der Waals surface area contributed by atoms with Crippen LogP contribution in [0.1, 0.15) is 81.1 Å². The molecule has 0 spiro atoms. The third-order valence-electron chi connectivity index (χ3n) is 5.17. The standard InChI is InChI=1S/C18H35NO/c1-9-18(10-2)12-11-14(15(20)16(3,4)5)13-19(18)17(6,7)8/h14H,9-13H2,1-8H3. The van der Waals surface area contributed by atoms with E-state index in [1.54, 1.807) is 0 Å². The minimum absolute atomic E-state index is 0.128. The summed E-state index contributed by atoms with van der Waals surface area (Å²) in [4.78, 5) is 15.3. The van der Waals surface area contributed by atoms with Crippen molar-refractivity contribution < 1.29 is 4.79 Å². The fourth-order valence-electron chi connectivity index (χ4n) is 3.88. The Morgan fingerprint density at radius 2 is 1.60 bits per heavy atom. The third kappa shape index (κ3) is 3.44. The van der Waals surface area contributed by atoms with Gasteiger partial charge < -0.3 is 0 Å². The lowest BCUT2D eigenvalue weighted by atomic mass is 9.71. The van der Waals surface area contributed by atoms with Crippen LogP contribution >= 0.6 is 0 Å². The molecule has 0 aromatic carbocycles. The van der Waals surface area contributed by atoms with E-state index in [0.717, 1.165) is 19.4 Å². The van der Waals surface area contributed by atoms with Gasteiger partial charge in [0.2, 0.25) is 0 Å².